The van der Waals surface area contributed by atoms with Gasteiger partial charge in [0.05, 0.1) is 11.5 Å². The number of pyridine rings is 1. The normalized spacial score (nSPS) is 30.1. The van der Waals surface area contributed by atoms with E-state index in [1.807, 2.05) is 6.92 Å². The molecule has 2 aromatic rings. The first kappa shape index (κ1) is 23.3. The molecule has 3 aliphatic carbocycles. The second kappa shape index (κ2) is 7.69. The lowest BCUT2D eigenvalue weighted by Crippen LogP contribution is -2.55. The molecule has 2 aromatic heterocycles. The average Bonchev–Trinajstić information content (AvgIpc) is 3.69. The number of carbonyl (C=O) groups excluding carboxylic acids is 2. The lowest BCUT2D eigenvalue weighted by molar-refractivity contribution is -0.141. The van der Waals surface area contributed by atoms with Gasteiger partial charge >= 0.3 is 12.1 Å². The summed E-state index contributed by atoms with van der Waals surface area (Å²) in [5.41, 5.74) is -0.958. The van der Waals surface area contributed by atoms with Crippen molar-refractivity contribution in [2.75, 3.05) is 19.6 Å². The van der Waals surface area contributed by atoms with Crippen LogP contribution in [0.1, 0.15) is 66.6 Å². The summed E-state index contributed by atoms with van der Waals surface area (Å²) >= 11 is 0. The Kier molecular flexibility index (Phi) is 4.98. The summed E-state index contributed by atoms with van der Waals surface area (Å²) in [6.45, 7) is 2.38. The molecule has 0 bridgehead atoms. The van der Waals surface area contributed by atoms with E-state index >= 15 is 0 Å². The van der Waals surface area contributed by atoms with Crippen LogP contribution in [0.3, 0.4) is 0 Å². The number of alkyl halides is 3. The van der Waals surface area contributed by atoms with Gasteiger partial charge in [0.2, 0.25) is 5.91 Å². The number of hydrogen-bond acceptors (Lipinski definition) is 4. The lowest BCUT2D eigenvalue weighted by atomic mass is 9.93. The van der Waals surface area contributed by atoms with Gasteiger partial charge in [-0.2, -0.15) is 13.2 Å². The number of fused-ring (bicyclic) bond motifs is 2. The molecule has 3 saturated carbocycles. The van der Waals surface area contributed by atoms with Crippen LogP contribution >= 0.6 is 0 Å². The summed E-state index contributed by atoms with van der Waals surface area (Å²) in [6.07, 6.45) is 2.07. The number of amides is 2. The van der Waals surface area contributed by atoms with Gasteiger partial charge < -0.3 is 19.3 Å². The molecule has 1 saturated heterocycles. The zero-order valence-electron chi connectivity index (χ0n) is 19.8. The quantitative estimate of drug-likeness (QED) is 0.674. The average molecular weight is 505 g/mol. The Balaban J connectivity index is 1.18. The molecule has 192 valence electrons. The van der Waals surface area contributed by atoms with Gasteiger partial charge in [0.15, 0.2) is 0 Å². The zero-order valence-corrected chi connectivity index (χ0v) is 19.8. The highest BCUT2D eigenvalue weighted by Crippen LogP contribution is 2.70. The number of carbonyl (C=O) groups is 3. The fourth-order valence-electron chi connectivity index (χ4n) is 6.80. The molecule has 36 heavy (non-hydrogen) atoms. The van der Waals surface area contributed by atoms with Crippen LogP contribution in [0.5, 0.6) is 0 Å². The standard InChI is InChI=1S/C25H27F3N4O4/c1-2-24-9-15(8-16(24)20(24)23(35)36)32-6-5-30(12-19(32)33)22(34)18-11-31-10-14(13-3-4-13)7-17(21(31)29-18)25(26,27)28/h7,10-11,13,15-16,20H,2-6,8-9,12H2,1H3,(H,35,36). The van der Waals surface area contributed by atoms with E-state index in [4.69, 9.17) is 0 Å². The van der Waals surface area contributed by atoms with Crippen LogP contribution in [0, 0.1) is 17.3 Å². The lowest BCUT2D eigenvalue weighted by Gasteiger charge is -2.38. The van der Waals surface area contributed by atoms with Gasteiger partial charge in [0.1, 0.15) is 17.9 Å². The predicted molar refractivity (Wildman–Crippen MR) is 120 cm³/mol. The first-order valence-corrected chi connectivity index (χ1v) is 12.4. The smallest absolute Gasteiger partial charge is 0.419 e. The van der Waals surface area contributed by atoms with E-state index in [1.54, 1.807) is 11.1 Å². The SMILES string of the molecule is CCC12CC(N3CCN(C(=O)c4cn5cc(C6CC6)cc(C(F)(F)F)c5n4)CC3=O)CC1C2C(=O)O. The van der Waals surface area contributed by atoms with Crippen molar-refractivity contribution in [3.63, 3.8) is 0 Å². The van der Waals surface area contributed by atoms with Crippen molar-refractivity contribution < 1.29 is 32.7 Å². The van der Waals surface area contributed by atoms with Crippen LogP contribution in [-0.2, 0) is 15.8 Å². The van der Waals surface area contributed by atoms with Crippen LogP contribution in [0.15, 0.2) is 18.5 Å². The van der Waals surface area contributed by atoms with Crippen molar-refractivity contribution in [1.29, 1.82) is 0 Å². The molecule has 11 heteroatoms. The molecule has 4 atom stereocenters. The highest BCUT2D eigenvalue weighted by atomic mass is 19.4. The third kappa shape index (κ3) is 3.49. The Labute approximate surface area is 205 Å². The van der Waals surface area contributed by atoms with Gasteiger partial charge in [-0.1, -0.05) is 6.92 Å². The van der Waals surface area contributed by atoms with Crippen molar-refractivity contribution >= 4 is 23.4 Å². The van der Waals surface area contributed by atoms with E-state index < -0.39 is 23.6 Å². The minimum Gasteiger partial charge on any atom is -0.481 e. The second-order valence-corrected chi connectivity index (χ2v) is 10.7. The number of rotatable bonds is 5. The van der Waals surface area contributed by atoms with E-state index in [9.17, 15) is 32.7 Å². The molecule has 1 N–H and O–H groups in total. The summed E-state index contributed by atoms with van der Waals surface area (Å²) in [6, 6.07) is 1.08. The van der Waals surface area contributed by atoms with Crippen molar-refractivity contribution in [3.8, 4) is 0 Å². The van der Waals surface area contributed by atoms with E-state index in [2.05, 4.69) is 4.98 Å². The molecule has 0 radical (unpaired) electrons. The fraction of sp³-hybridized carbons (Fsp3) is 0.600. The van der Waals surface area contributed by atoms with Crippen molar-refractivity contribution in [2.45, 2.75) is 57.2 Å². The number of hydrogen-bond donors (Lipinski definition) is 1. The number of imidazole rings is 1. The molecule has 6 rings (SSSR count). The number of halogens is 3. The molecule has 0 spiro atoms. The van der Waals surface area contributed by atoms with Crippen LogP contribution < -0.4 is 0 Å². The number of carboxylic acid groups (broad SMARTS) is 1. The van der Waals surface area contributed by atoms with Gasteiger partial charge in [-0.15, -0.1) is 0 Å². The second-order valence-electron chi connectivity index (χ2n) is 10.7. The summed E-state index contributed by atoms with van der Waals surface area (Å²) in [7, 11) is 0. The molecule has 1 aliphatic heterocycles. The van der Waals surface area contributed by atoms with Crippen LogP contribution in [0.25, 0.3) is 5.65 Å². The number of aliphatic carboxylic acids is 1. The maximum absolute atomic E-state index is 13.7. The number of piperazine rings is 1. The number of nitrogens with zero attached hydrogens (tertiary/aromatic N) is 4. The van der Waals surface area contributed by atoms with Gasteiger partial charge in [0.25, 0.3) is 5.91 Å². The molecule has 8 nitrogen and oxygen atoms in total. The molecule has 0 aromatic carbocycles. The molecular weight excluding hydrogens is 477 g/mol. The first-order chi connectivity index (χ1) is 17.0. The van der Waals surface area contributed by atoms with Gasteiger partial charge in [-0.25, -0.2) is 4.98 Å². The van der Waals surface area contributed by atoms with Crippen molar-refractivity contribution in [3.05, 3.63) is 35.3 Å². The molecule has 4 unspecified atom stereocenters. The number of carboxylic acids is 1. The van der Waals surface area contributed by atoms with Gasteiger partial charge in [0, 0.05) is 31.5 Å². The third-order valence-corrected chi connectivity index (χ3v) is 8.85. The Bertz CT molecular complexity index is 1290. The molecule has 3 heterocycles. The summed E-state index contributed by atoms with van der Waals surface area (Å²) in [4.78, 5) is 44.8. The molecule has 4 aliphatic rings. The number of aromatic nitrogens is 2. The Morgan fingerprint density at radius 2 is 1.97 bits per heavy atom. The summed E-state index contributed by atoms with van der Waals surface area (Å²) < 4.78 is 42.4. The van der Waals surface area contributed by atoms with E-state index in [0.29, 0.717) is 24.9 Å². The Morgan fingerprint density at radius 3 is 2.56 bits per heavy atom. The maximum Gasteiger partial charge on any atom is 0.419 e. The predicted octanol–water partition coefficient (Wildman–Crippen LogP) is 3.40. The van der Waals surface area contributed by atoms with Gasteiger partial charge in [-0.05, 0) is 61.0 Å². The minimum atomic E-state index is -4.60. The molecule has 4 fully saturated rings. The monoisotopic (exact) mass is 504 g/mol. The van der Waals surface area contributed by atoms with E-state index in [-0.39, 0.29) is 59.5 Å². The summed E-state index contributed by atoms with van der Waals surface area (Å²) in [5, 5.41) is 9.47. The topological polar surface area (TPSA) is 95.2 Å². The Hall–Kier alpha value is -3.11. The van der Waals surface area contributed by atoms with Crippen molar-refractivity contribution in [2.24, 2.45) is 17.3 Å². The van der Waals surface area contributed by atoms with E-state index in [1.165, 1.54) is 15.5 Å². The van der Waals surface area contributed by atoms with Gasteiger partial charge in [-0.3, -0.25) is 14.4 Å². The maximum atomic E-state index is 13.7. The zero-order chi connectivity index (χ0) is 25.6. The van der Waals surface area contributed by atoms with Crippen LogP contribution in [0.4, 0.5) is 13.2 Å². The minimum absolute atomic E-state index is 0.0410. The highest BCUT2D eigenvalue weighted by Gasteiger charge is 2.71. The largest absolute Gasteiger partial charge is 0.481 e. The third-order valence-electron chi connectivity index (χ3n) is 8.85. The van der Waals surface area contributed by atoms with Crippen LogP contribution in [-0.4, -0.2) is 67.8 Å². The fourth-order valence-corrected chi connectivity index (χ4v) is 6.80. The summed E-state index contributed by atoms with van der Waals surface area (Å²) in [5.74, 6) is -1.73. The van der Waals surface area contributed by atoms with E-state index in [0.717, 1.165) is 25.3 Å². The van der Waals surface area contributed by atoms with Crippen LogP contribution in [0.2, 0.25) is 0 Å². The van der Waals surface area contributed by atoms with Crippen molar-refractivity contribution in [1.82, 2.24) is 19.2 Å². The first-order valence-electron chi connectivity index (χ1n) is 12.4. The highest BCUT2D eigenvalue weighted by molar-refractivity contribution is 5.96. The molecule has 2 amide bonds. The molecular formula is C25H27F3N4O4. The Morgan fingerprint density at radius 1 is 1.22 bits per heavy atom.